The minimum Gasteiger partial charge on any atom is -0.302 e. The summed E-state index contributed by atoms with van der Waals surface area (Å²) in [5.41, 5.74) is 2.21. The van der Waals surface area contributed by atoms with Gasteiger partial charge in [-0.05, 0) is 26.3 Å². The average Bonchev–Trinajstić information content (AvgIpc) is 3.24. The Bertz CT molecular complexity index is 860. The van der Waals surface area contributed by atoms with Crippen molar-refractivity contribution in [3.63, 3.8) is 0 Å². The molecule has 8 heteroatoms. The lowest BCUT2D eigenvalue weighted by Gasteiger charge is -2.12. The molecular formula is C17H19N5OS2. The molecule has 130 valence electrons. The number of anilines is 1. The number of nitrogens with one attached hydrogen (secondary N) is 1. The zero-order chi connectivity index (χ0) is 17.8. The SMILES string of the molecule is CCn1c(S[C@H](C)C(=O)Nc2nccs2)nnc1-c1ccccc1C. The van der Waals surface area contributed by atoms with Crippen LogP contribution in [0.4, 0.5) is 5.13 Å². The number of aromatic nitrogens is 4. The zero-order valence-electron chi connectivity index (χ0n) is 14.3. The number of rotatable bonds is 6. The molecule has 1 aromatic carbocycles. The molecular weight excluding hydrogens is 354 g/mol. The second kappa shape index (κ2) is 7.79. The normalized spacial score (nSPS) is 12.1. The number of carbonyl (C=O) groups is 1. The number of hydrogen-bond donors (Lipinski definition) is 1. The Morgan fingerprint density at radius 2 is 2.16 bits per heavy atom. The van der Waals surface area contributed by atoms with Crippen LogP contribution < -0.4 is 5.32 Å². The number of benzene rings is 1. The van der Waals surface area contributed by atoms with Crippen LogP contribution in [-0.2, 0) is 11.3 Å². The van der Waals surface area contributed by atoms with Crippen LogP contribution in [0.25, 0.3) is 11.4 Å². The molecule has 2 heterocycles. The predicted molar refractivity (Wildman–Crippen MR) is 102 cm³/mol. The Morgan fingerprint density at radius 3 is 2.84 bits per heavy atom. The molecule has 0 saturated heterocycles. The van der Waals surface area contributed by atoms with Crippen LogP contribution in [0.3, 0.4) is 0 Å². The number of amides is 1. The van der Waals surface area contributed by atoms with E-state index in [9.17, 15) is 4.79 Å². The lowest BCUT2D eigenvalue weighted by Crippen LogP contribution is -2.22. The number of carbonyl (C=O) groups excluding carboxylic acids is 1. The number of aryl methyl sites for hydroxylation is 1. The van der Waals surface area contributed by atoms with E-state index in [1.807, 2.05) is 35.1 Å². The molecule has 0 saturated carbocycles. The lowest BCUT2D eigenvalue weighted by molar-refractivity contribution is -0.115. The molecule has 25 heavy (non-hydrogen) atoms. The van der Waals surface area contributed by atoms with E-state index in [4.69, 9.17) is 0 Å². The molecule has 0 radical (unpaired) electrons. The molecule has 0 spiro atoms. The minimum atomic E-state index is -0.303. The second-order valence-electron chi connectivity index (χ2n) is 5.45. The highest BCUT2D eigenvalue weighted by atomic mass is 32.2. The van der Waals surface area contributed by atoms with Crippen LogP contribution in [-0.4, -0.2) is 30.9 Å². The van der Waals surface area contributed by atoms with Crippen molar-refractivity contribution >= 4 is 34.1 Å². The molecule has 1 atom stereocenters. The van der Waals surface area contributed by atoms with E-state index in [0.29, 0.717) is 5.13 Å². The maximum atomic E-state index is 12.3. The van der Waals surface area contributed by atoms with Crippen molar-refractivity contribution in [3.05, 3.63) is 41.4 Å². The van der Waals surface area contributed by atoms with E-state index in [-0.39, 0.29) is 11.2 Å². The van der Waals surface area contributed by atoms with E-state index in [1.165, 1.54) is 23.1 Å². The summed E-state index contributed by atoms with van der Waals surface area (Å²) in [5, 5.41) is 14.4. The molecule has 1 N–H and O–H groups in total. The first kappa shape index (κ1) is 17.6. The molecule has 6 nitrogen and oxygen atoms in total. The zero-order valence-corrected chi connectivity index (χ0v) is 15.9. The third-order valence-electron chi connectivity index (χ3n) is 3.73. The van der Waals surface area contributed by atoms with Gasteiger partial charge in [0.2, 0.25) is 5.91 Å². The Kier molecular flexibility index (Phi) is 5.50. The fraction of sp³-hybridized carbons (Fsp3) is 0.294. The van der Waals surface area contributed by atoms with Crippen LogP contribution in [0, 0.1) is 6.92 Å². The summed E-state index contributed by atoms with van der Waals surface area (Å²) in [4.78, 5) is 16.4. The fourth-order valence-corrected chi connectivity index (χ4v) is 3.83. The van der Waals surface area contributed by atoms with Gasteiger partial charge in [-0.25, -0.2) is 4.98 Å². The van der Waals surface area contributed by atoms with Crippen molar-refractivity contribution in [2.45, 2.75) is 37.7 Å². The lowest BCUT2D eigenvalue weighted by atomic mass is 10.1. The van der Waals surface area contributed by atoms with E-state index < -0.39 is 0 Å². The van der Waals surface area contributed by atoms with Gasteiger partial charge in [-0.1, -0.05) is 36.0 Å². The second-order valence-corrected chi connectivity index (χ2v) is 7.65. The van der Waals surface area contributed by atoms with E-state index in [1.54, 1.807) is 6.20 Å². The quantitative estimate of drug-likeness (QED) is 0.665. The molecule has 3 rings (SSSR count). The topological polar surface area (TPSA) is 72.7 Å². The molecule has 0 aliphatic rings. The van der Waals surface area contributed by atoms with E-state index in [0.717, 1.165) is 28.7 Å². The minimum absolute atomic E-state index is 0.0944. The van der Waals surface area contributed by atoms with Crippen LogP contribution in [0.2, 0.25) is 0 Å². The summed E-state index contributed by atoms with van der Waals surface area (Å²) in [6.45, 7) is 6.70. The Balaban J connectivity index is 1.79. The van der Waals surface area contributed by atoms with E-state index >= 15 is 0 Å². The fourth-order valence-electron chi connectivity index (χ4n) is 2.39. The number of thioether (sulfide) groups is 1. The first-order chi connectivity index (χ1) is 12.1. The summed E-state index contributed by atoms with van der Waals surface area (Å²) < 4.78 is 2.04. The van der Waals surface area contributed by atoms with Gasteiger partial charge in [0.15, 0.2) is 16.1 Å². The Hall–Kier alpha value is -2.19. The van der Waals surface area contributed by atoms with Crippen LogP contribution in [0.5, 0.6) is 0 Å². The molecule has 1 amide bonds. The maximum Gasteiger partial charge on any atom is 0.239 e. The molecule has 0 aliphatic carbocycles. The van der Waals surface area contributed by atoms with Crippen molar-refractivity contribution in [2.24, 2.45) is 0 Å². The Labute approximate surface area is 154 Å². The van der Waals surface area contributed by atoms with Crippen molar-refractivity contribution in [1.82, 2.24) is 19.7 Å². The van der Waals surface area contributed by atoms with Crippen molar-refractivity contribution in [3.8, 4) is 11.4 Å². The highest BCUT2D eigenvalue weighted by Crippen LogP contribution is 2.28. The van der Waals surface area contributed by atoms with Gasteiger partial charge in [-0.3, -0.25) is 4.79 Å². The molecule has 2 aromatic heterocycles. The standard InChI is InChI=1S/C17H19N5OS2/c1-4-22-14(13-8-6-5-7-11(13)2)20-21-17(22)25-12(3)15(23)19-16-18-9-10-24-16/h5-10,12H,4H2,1-3H3,(H,18,19,23)/t12-/m1/s1. The van der Waals surface area contributed by atoms with Crippen LogP contribution in [0.15, 0.2) is 41.0 Å². The maximum absolute atomic E-state index is 12.3. The number of thiazole rings is 1. The van der Waals surface area contributed by atoms with Gasteiger partial charge in [0.05, 0.1) is 5.25 Å². The number of hydrogen-bond acceptors (Lipinski definition) is 6. The first-order valence-electron chi connectivity index (χ1n) is 7.96. The molecule has 0 unspecified atom stereocenters. The van der Waals surface area contributed by atoms with Crippen molar-refractivity contribution in [1.29, 1.82) is 0 Å². The van der Waals surface area contributed by atoms with Crippen molar-refractivity contribution < 1.29 is 4.79 Å². The van der Waals surface area contributed by atoms with Crippen molar-refractivity contribution in [2.75, 3.05) is 5.32 Å². The molecule has 0 fully saturated rings. The van der Waals surface area contributed by atoms with Crippen LogP contribution >= 0.6 is 23.1 Å². The molecule has 0 aliphatic heterocycles. The van der Waals surface area contributed by atoms with Gasteiger partial charge < -0.3 is 9.88 Å². The highest BCUT2D eigenvalue weighted by Gasteiger charge is 2.21. The summed E-state index contributed by atoms with van der Waals surface area (Å²) in [5.74, 6) is 0.735. The van der Waals surface area contributed by atoms with Crippen LogP contribution in [0.1, 0.15) is 19.4 Å². The summed E-state index contributed by atoms with van der Waals surface area (Å²) in [6, 6.07) is 8.10. The molecule has 0 bridgehead atoms. The van der Waals surface area contributed by atoms with E-state index in [2.05, 4.69) is 40.4 Å². The van der Waals surface area contributed by atoms with Gasteiger partial charge in [0.1, 0.15) is 0 Å². The summed E-state index contributed by atoms with van der Waals surface area (Å²) in [6.07, 6.45) is 1.67. The average molecular weight is 374 g/mol. The van der Waals surface area contributed by atoms with Gasteiger partial charge in [-0.2, -0.15) is 0 Å². The molecule has 3 aromatic rings. The summed E-state index contributed by atoms with van der Waals surface area (Å²) in [7, 11) is 0. The first-order valence-corrected chi connectivity index (χ1v) is 9.72. The third-order valence-corrected chi connectivity index (χ3v) is 5.50. The largest absolute Gasteiger partial charge is 0.302 e. The van der Waals surface area contributed by atoms with Gasteiger partial charge in [0.25, 0.3) is 0 Å². The third kappa shape index (κ3) is 3.91. The monoisotopic (exact) mass is 373 g/mol. The number of nitrogens with zero attached hydrogens (tertiary/aromatic N) is 4. The smallest absolute Gasteiger partial charge is 0.239 e. The van der Waals surface area contributed by atoms with Gasteiger partial charge in [-0.15, -0.1) is 21.5 Å². The Morgan fingerprint density at radius 1 is 1.36 bits per heavy atom. The summed E-state index contributed by atoms with van der Waals surface area (Å²) >= 11 is 2.80. The van der Waals surface area contributed by atoms with Gasteiger partial charge >= 0.3 is 0 Å². The van der Waals surface area contributed by atoms with Gasteiger partial charge in [0, 0.05) is 23.7 Å². The highest BCUT2D eigenvalue weighted by molar-refractivity contribution is 8.00. The predicted octanol–water partition coefficient (Wildman–Crippen LogP) is 3.85.